The molecular formula is C33H37F2N3O2. The summed E-state index contributed by atoms with van der Waals surface area (Å²) in [6, 6.07) is 24.0. The Kier molecular flexibility index (Phi) is 8.04. The van der Waals surface area contributed by atoms with Crippen LogP contribution >= 0.6 is 0 Å². The van der Waals surface area contributed by atoms with Crippen LogP contribution in [0, 0.1) is 17.6 Å². The molecule has 2 atom stereocenters. The fraction of sp³-hybridized carbons (Fsp3) is 0.394. The zero-order valence-electron chi connectivity index (χ0n) is 23.2. The van der Waals surface area contributed by atoms with Gasteiger partial charge >= 0.3 is 0 Å². The molecule has 2 fully saturated rings. The highest BCUT2D eigenvalue weighted by Gasteiger charge is 2.62. The van der Waals surface area contributed by atoms with E-state index < -0.39 is 22.6 Å². The summed E-state index contributed by atoms with van der Waals surface area (Å²) >= 11 is 0. The Bertz CT molecular complexity index is 1340. The molecule has 2 amide bonds. The van der Waals surface area contributed by atoms with Crippen molar-refractivity contribution in [2.75, 3.05) is 33.2 Å². The van der Waals surface area contributed by atoms with Crippen LogP contribution in [0.4, 0.5) is 8.78 Å². The molecule has 0 bridgehead atoms. The van der Waals surface area contributed by atoms with Crippen LogP contribution in [0.1, 0.15) is 42.9 Å². The summed E-state index contributed by atoms with van der Waals surface area (Å²) in [5, 5.41) is 3.21. The quantitative estimate of drug-likeness (QED) is 0.410. The maximum absolute atomic E-state index is 14.4. The van der Waals surface area contributed by atoms with Gasteiger partial charge in [-0.2, -0.15) is 0 Å². The van der Waals surface area contributed by atoms with Gasteiger partial charge in [0.1, 0.15) is 0 Å². The average Bonchev–Trinajstić information content (AvgIpc) is 3.69. The van der Waals surface area contributed by atoms with Crippen LogP contribution in [0.5, 0.6) is 0 Å². The molecule has 0 spiro atoms. The van der Waals surface area contributed by atoms with Crippen molar-refractivity contribution in [2.24, 2.45) is 5.92 Å². The van der Waals surface area contributed by atoms with E-state index in [1.165, 1.54) is 6.07 Å². The van der Waals surface area contributed by atoms with Gasteiger partial charge < -0.3 is 15.1 Å². The molecule has 5 nitrogen and oxygen atoms in total. The number of halogens is 2. The third-order valence-corrected chi connectivity index (χ3v) is 8.78. The number of benzene rings is 3. The van der Waals surface area contributed by atoms with Gasteiger partial charge in [0.15, 0.2) is 11.6 Å². The van der Waals surface area contributed by atoms with Crippen molar-refractivity contribution >= 4 is 11.8 Å². The molecule has 0 unspecified atom stereocenters. The summed E-state index contributed by atoms with van der Waals surface area (Å²) in [5.74, 6) is -1.95. The van der Waals surface area contributed by atoms with Crippen molar-refractivity contribution in [3.05, 3.63) is 107 Å². The van der Waals surface area contributed by atoms with Crippen molar-refractivity contribution in [2.45, 2.75) is 43.6 Å². The van der Waals surface area contributed by atoms with Gasteiger partial charge in [-0.25, -0.2) is 8.78 Å². The molecule has 1 N–H and O–H groups in total. The van der Waals surface area contributed by atoms with Crippen LogP contribution in [-0.4, -0.2) is 54.8 Å². The molecule has 40 heavy (non-hydrogen) atoms. The smallest absolute Gasteiger partial charge is 0.233 e. The van der Waals surface area contributed by atoms with E-state index in [0.717, 1.165) is 49.5 Å². The summed E-state index contributed by atoms with van der Waals surface area (Å²) in [5.41, 5.74) is 1.50. The van der Waals surface area contributed by atoms with Crippen LogP contribution in [0.25, 0.3) is 0 Å². The van der Waals surface area contributed by atoms with Crippen LogP contribution in [0.2, 0.25) is 0 Å². The van der Waals surface area contributed by atoms with Gasteiger partial charge in [-0.1, -0.05) is 66.7 Å². The first-order valence-corrected chi connectivity index (χ1v) is 14.1. The predicted molar refractivity (Wildman–Crippen MR) is 152 cm³/mol. The first-order chi connectivity index (χ1) is 19.2. The van der Waals surface area contributed by atoms with E-state index in [1.54, 1.807) is 24.9 Å². The predicted octanol–water partition coefficient (Wildman–Crippen LogP) is 5.05. The van der Waals surface area contributed by atoms with E-state index >= 15 is 0 Å². The van der Waals surface area contributed by atoms with E-state index in [0.29, 0.717) is 25.1 Å². The van der Waals surface area contributed by atoms with E-state index in [9.17, 15) is 18.4 Å². The number of nitrogens with one attached hydrogen (secondary N) is 1. The maximum atomic E-state index is 14.4. The van der Waals surface area contributed by atoms with Crippen LogP contribution in [0.3, 0.4) is 0 Å². The van der Waals surface area contributed by atoms with Crippen LogP contribution < -0.4 is 5.32 Å². The molecule has 2 aliphatic rings. The summed E-state index contributed by atoms with van der Waals surface area (Å²) in [6.07, 6.45) is 2.83. The molecule has 1 saturated heterocycles. The fourth-order valence-electron chi connectivity index (χ4n) is 6.46. The lowest BCUT2D eigenvalue weighted by atomic mass is 9.80. The number of likely N-dealkylation sites (tertiary alicyclic amines) is 1. The fourth-order valence-corrected chi connectivity index (χ4v) is 6.46. The van der Waals surface area contributed by atoms with Crippen LogP contribution in [0.15, 0.2) is 78.9 Å². The lowest BCUT2D eigenvalue weighted by Crippen LogP contribution is -2.53. The molecule has 0 aromatic heterocycles. The molecule has 5 rings (SSSR count). The van der Waals surface area contributed by atoms with Crippen molar-refractivity contribution in [3.8, 4) is 0 Å². The van der Waals surface area contributed by atoms with E-state index in [4.69, 9.17) is 0 Å². The number of hydrogen-bond donors (Lipinski definition) is 1. The molecule has 1 aliphatic carbocycles. The van der Waals surface area contributed by atoms with Crippen molar-refractivity contribution < 1.29 is 18.4 Å². The minimum absolute atomic E-state index is 0.00553. The molecule has 1 saturated carbocycles. The first-order valence-electron chi connectivity index (χ1n) is 14.1. The second kappa shape index (κ2) is 11.5. The maximum Gasteiger partial charge on any atom is 0.233 e. The highest BCUT2D eigenvalue weighted by Crippen LogP contribution is 2.56. The van der Waals surface area contributed by atoms with Crippen molar-refractivity contribution in [1.29, 1.82) is 0 Å². The van der Waals surface area contributed by atoms with Gasteiger partial charge in [-0.05, 0) is 60.4 Å². The third-order valence-electron chi connectivity index (χ3n) is 8.78. The molecule has 0 radical (unpaired) electrons. The first kappa shape index (κ1) is 28.0. The zero-order chi connectivity index (χ0) is 28.3. The summed E-state index contributed by atoms with van der Waals surface area (Å²) in [7, 11) is 1.80. The standard InChI is InChI=1S/C33H37F2N3O2/c1-24(39)36-32(26-11-7-4-8-12-26)16-19-38(20-17-32)23-28-22-33(28,27-13-14-29(34)30(35)21-27)31(40)37(2)18-15-25-9-5-3-6-10-25/h3-14,21,28H,15-20,22-23H2,1-2H3,(H,36,39)/t28-,33+/m0/s1. The highest BCUT2D eigenvalue weighted by molar-refractivity contribution is 5.92. The number of carbonyl (C=O) groups excluding carboxylic acids is 2. The second-order valence-electron chi connectivity index (χ2n) is 11.4. The Morgan fingerprint density at radius 3 is 2.20 bits per heavy atom. The number of carbonyl (C=O) groups is 2. The Hall–Kier alpha value is -3.58. The monoisotopic (exact) mass is 545 g/mol. The van der Waals surface area contributed by atoms with E-state index in [2.05, 4.69) is 22.3 Å². The summed E-state index contributed by atoms with van der Waals surface area (Å²) in [4.78, 5) is 30.1. The Morgan fingerprint density at radius 2 is 1.57 bits per heavy atom. The Balaban J connectivity index is 1.31. The minimum atomic E-state index is -0.928. The number of hydrogen-bond acceptors (Lipinski definition) is 3. The molecule has 210 valence electrons. The minimum Gasteiger partial charge on any atom is -0.347 e. The summed E-state index contributed by atoms with van der Waals surface area (Å²) < 4.78 is 28.2. The molecule has 3 aromatic carbocycles. The van der Waals surface area contributed by atoms with Gasteiger partial charge in [0.2, 0.25) is 11.8 Å². The molecule has 3 aromatic rings. The van der Waals surface area contributed by atoms with Gasteiger partial charge in [0, 0.05) is 40.2 Å². The molecular weight excluding hydrogens is 508 g/mol. The highest BCUT2D eigenvalue weighted by atomic mass is 19.2. The molecule has 1 aliphatic heterocycles. The number of nitrogens with zero attached hydrogens (tertiary/aromatic N) is 2. The number of likely N-dealkylation sites (N-methyl/N-ethyl adjacent to an activating group) is 1. The summed E-state index contributed by atoms with van der Waals surface area (Å²) in [6.45, 7) is 4.30. The van der Waals surface area contributed by atoms with Gasteiger partial charge in [0.25, 0.3) is 0 Å². The average molecular weight is 546 g/mol. The van der Waals surface area contributed by atoms with Gasteiger partial charge in [-0.15, -0.1) is 0 Å². The third kappa shape index (κ3) is 5.66. The zero-order valence-corrected chi connectivity index (χ0v) is 23.2. The molecule has 1 heterocycles. The van der Waals surface area contributed by atoms with Crippen molar-refractivity contribution in [1.82, 2.24) is 15.1 Å². The number of piperidine rings is 1. The topological polar surface area (TPSA) is 52.7 Å². The van der Waals surface area contributed by atoms with E-state index in [-0.39, 0.29) is 17.7 Å². The van der Waals surface area contributed by atoms with Crippen LogP contribution in [-0.2, 0) is 27.0 Å². The lowest BCUT2D eigenvalue weighted by Gasteiger charge is -2.43. The van der Waals surface area contributed by atoms with Gasteiger partial charge in [-0.3, -0.25) is 9.59 Å². The number of rotatable bonds is 9. The second-order valence-corrected chi connectivity index (χ2v) is 11.4. The molecule has 7 heteroatoms. The largest absolute Gasteiger partial charge is 0.347 e. The Labute approximate surface area is 235 Å². The normalized spacial score (nSPS) is 21.9. The SMILES string of the molecule is CC(=O)NC1(c2ccccc2)CCN(C[C@@H]2C[C@@]2(C(=O)N(C)CCc2ccccc2)c2ccc(F)c(F)c2)CC1. The number of amides is 2. The van der Waals surface area contributed by atoms with Gasteiger partial charge in [0.05, 0.1) is 11.0 Å². The Morgan fingerprint density at radius 1 is 0.925 bits per heavy atom. The lowest BCUT2D eigenvalue weighted by molar-refractivity contribution is -0.133. The van der Waals surface area contributed by atoms with E-state index in [1.807, 2.05) is 48.5 Å². The van der Waals surface area contributed by atoms with Crippen molar-refractivity contribution in [3.63, 3.8) is 0 Å².